The molecule has 2 aromatic heterocycles. The predicted octanol–water partition coefficient (Wildman–Crippen LogP) is 4.53. The lowest BCUT2D eigenvalue weighted by atomic mass is 9.74. The highest BCUT2D eigenvalue weighted by molar-refractivity contribution is 5.81. The number of fused-ring (bicyclic) bond motifs is 1. The molecule has 172 valence electrons. The first-order valence-corrected chi connectivity index (χ1v) is 11.3. The second-order valence-corrected chi connectivity index (χ2v) is 9.10. The largest absolute Gasteiger partial charge is 0.493 e. The minimum Gasteiger partial charge on any atom is -0.493 e. The van der Waals surface area contributed by atoms with Crippen LogP contribution in [0.15, 0.2) is 55.0 Å². The van der Waals surface area contributed by atoms with Gasteiger partial charge in [0.15, 0.2) is 23.4 Å². The van der Waals surface area contributed by atoms with Gasteiger partial charge in [-0.3, -0.25) is 9.78 Å². The van der Waals surface area contributed by atoms with Gasteiger partial charge >= 0.3 is 0 Å². The van der Waals surface area contributed by atoms with Crippen LogP contribution in [0.5, 0.6) is 11.5 Å². The van der Waals surface area contributed by atoms with Crippen molar-refractivity contribution >= 4 is 5.91 Å². The maximum absolute atomic E-state index is 13.2. The molecule has 0 bridgehead atoms. The van der Waals surface area contributed by atoms with Gasteiger partial charge in [-0.1, -0.05) is 32.9 Å². The minimum atomic E-state index is -0.633. The number of ether oxygens (including phenoxy) is 2. The fourth-order valence-corrected chi connectivity index (χ4v) is 4.27. The van der Waals surface area contributed by atoms with Crippen molar-refractivity contribution in [2.45, 2.75) is 52.2 Å². The molecule has 7 heteroatoms. The maximum atomic E-state index is 13.2. The highest BCUT2D eigenvalue weighted by atomic mass is 16.5. The molecule has 0 saturated carbocycles. The molecule has 0 saturated heterocycles. The Morgan fingerprint density at radius 2 is 1.91 bits per heavy atom. The van der Waals surface area contributed by atoms with Crippen LogP contribution < -0.4 is 14.8 Å². The van der Waals surface area contributed by atoms with E-state index in [0.29, 0.717) is 23.7 Å². The summed E-state index contributed by atoms with van der Waals surface area (Å²) in [6.07, 6.45) is 6.84. The summed E-state index contributed by atoms with van der Waals surface area (Å²) in [4.78, 5) is 26.7. The van der Waals surface area contributed by atoms with Crippen molar-refractivity contribution < 1.29 is 14.3 Å². The Balaban J connectivity index is 1.57. The van der Waals surface area contributed by atoms with E-state index in [4.69, 9.17) is 14.5 Å². The SMILES string of the molecule is CC[C@H](Oc1ccccc1OC)C(=O)N[C@H]1CC(C)(C)Cc2nc(-c3ccncc3)ncc21. The van der Waals surface area contributed by atoms with Gasteiger partial charge in [-0.05, 0) is 48.9 Å². The second-order valence-electron chi connectivity index (χ2n) is 9.10. The van der Waals surface area contributed by atoms with Crippen LogP contribution in [0.1, 0.15) is 50.9 Å². The Labute approximate surface area is 194 Å². The molecule has 4 rings (SSSR count). The number of carbonyl (C=O) groups is 1. The van der Waals surface area contributed by atoms with E-state index >= 15 is 0 Å². The molecule has 2 heterocycles. The minimum absolute atomic E-state index is 0.0139. The third-order valence-corrected chi connectivity index (χ3v) is 5.93. The van der Waals surface area contributed by atoms with E-state index in [9.17, 15) is 4.79 Å². The number of nitrogens with one attached hydrogen (secondary N) is 1. The summed E-state index contributed by atoms with van der Waals surface area (Å²) in [7, 11) is 1.59. The van der Waals surface area contributed by atoms with E-state index in [1.54, 1.807) is 19.5 Å². The number of carbonyl (C=O) groups excluding carboxylic acids is 1. The zero-order valence-electron chi connectivity index (χ0n) is 19.5. The van der Waals surface area contributed by atoms with Crippen LogP contribution >= 0.6 is 0 Å². The van der Waals surface area contributed by atoms with Gasteiger partial charge in [0.25, 0.3) is 5.91 Å². The topological polar surface area (TPSA) is 86.2 Å². The summed E-state index contributed by atoms with van der Waals surface area (Å²) in [5.41, 5.74) is 2.85. The fourth-order valence-electron chi connectivity index (χ4n) is 4.27. The average Bonchev–Trinajstić information content (AvgIpc) is 2.82. The number of benzene rings is 1. The smallest absolute Gasteiger partial charge is 0.261 e. The van der Waals surface area contributed by atoms with Gasteiger partial charge in [-0.15, -0.1) is 0 Å². The zero-order chi connectivity index (χ0) is 23.4. The number of aromatic nitrogens is 3. The van der Waals surface area contributed by atoms with Gasteiger partial charge in [-0.2, -0.15) is 0 Å². The van der Waals surface area contributed by atoms with E-state index < -0.39 is 6.10 Å². The molecule has 0 fully saturated rings. The summed E-state index contributed by atoms with van der Waals surface area (Å²) in [6.45, 7) is 6.33. The number of para-hydroxylation sites is 2. The Morgan fingerprint density at radius 3 is 2.61 bits per heavy atom. The van der Waals surface area contributed by atoms with Crippen LogP contribution in [0.3, 0.4) is 0 Å². The van der Waals surface area contributed by atoms with Crippen molar-refractivity contribution in [3.8, 4) is 22.9 Å². The molecule has 0 spiro atoms. The van der Waals surface area contributed by atoms with Crippen LogP contribution in [0, 0.1) is 5.41 Å². The third-order valence-electron chi connectivity index (χ3n) is 5.93. The van der Waals surface area contributed by atoms with Gasteiger partial charge in [0, 0.05) is 29.7 Å². The number of hydrogen-bond donors (Lipinski definition) is 1. The normalized spacial score (nSPS) is 17.5. The highest BCUT2D eigenvalue weighted by Gasteiger charge is 2.35. The molecule has 1 aliphatic carbocycles. The molecule has 3 aromatic rings. The number of methoxy groups -OCH3 is 1. The number of rotatable bonds is 7. The van der Waals surface area contributed by atoms with E-state index in [1.165, 1.54) is 0 Å². The Hall–Kier alpha value is -3.48. The molecule has 1 N–H and O–H groups in total. The molecular formula is C26H30N4O3. The first-order chi connectivity index (χ1) is 15.9. The second kappa shape index (κ2) is 9.57. The monoisotopic (exact) mass is 446 g/mol. The Kier molecular flexibility index (Phi) is 6.58. The first kappa shape index (κ1) is 22.7. The first-order valence-electron chi connectivity index (χ1n) is 11.3. The lowest BCUT2D eigenvalue weighted by Gasteiger charge is -2.37. The third kappa shape index (κ3) is 5.13. The maximum Gasteiger partial charge on any atom is 0.261 e. The molecular weight excluding hydrogens is 416 g/mol. The summed E-state index contributed by atoms with van der Waals surface area (Å²) in [6, 6.07) is 11.0. The van der Waals surface area contributed by atoms with Gasteiger partial charge in [0.2, 0.25) is 0 Å². The van der Waals surface area contributed by atoms with Crippen molar-refractivity contribution in [2.75, 3.05) is 7.11 Å². The van der Waals surface area contributed by atoms with Crippen molar-refractivity contribution in [3.63, 3.8) is 0 Å². The number of hydrogen-bond acceptors (Lipinski definition) is 6. The fraction of sp³-hybridized carbons (Fsp3) is 0.385. The van der Waals surface area contributed by atoms with Crippen LogP contribution in [0.2, 0.25) is 0 Å². The molecule has 1 amide bonds. The molecule has 1 aliphatic rings. The molecule has 0 unspecified atom stereocenters. The predicted molar refractivity (Wildman–Crippen MR) is 126 cm³/mol. The van der Waals surface area contributed by atoms with Gasteiger partial charge in [0.05, 0.1) is 18.8 Å². The Morgan fingerprint density at radius 1 is 1.18 bits per heavy atom. The van der Waals surface area contributed by atoms with Crippen molar-refractivity contribution in [1.29, 1.82) is 0 Å². The Bertz CT molecular complexity index is 1120. The van der Waals surface area contributed by atoms with Gasteiger partial charge < -0.3 is 14.8 Å². The average molecular weight is 447 g/mol. The van der Waals surface area contributed by atoms with Crippen molar-refractivity contribution in [2.24, 2.45) is 5.41 Å². The van der Waals surface area contributed by atoms with E-state index in [2.05, 4.69) is 29.1 Å². The van der Waals surface area contributed by atoms with Crippen LogP contribution in [0.25, 0.3) is 11.4 Å². The molecule has 1 aromatic carbocycles. The highest BCUT2D eigenvalue weighted by Crippen LogP contribution is 2.40. The molecule has 0 aliphatic heterocycles. The molecule has 33 heavy (non-hydrogen) atoms. The number of amides is 1. The van der Waals surface area contributed by atoms with E-state index in [-0.39, 0.29) is 17.4 Å². The van der Waals surface area contributed by atoms with Crippen LogP contribution in [0.4, 0.5) is 0 Å². The molecule has 7 nitrogen and oxygen atoms in total. The zero-order valence-corrected chi connectivity index (χ0v) is 19.5. The van der Waals surface area contributed by atoms with Gasteiger partial charge in [-0.25, -0.2) is 9.97 Å². The lowest BCUT2D eigenvalue weighted by Crippen LogP contribution is -2.43. The van der Waals surface area contributed by atoms with Gasteiger partial charge in [0.1, 0.15) is 0 Å². The summed E-state index contributed by atoms with van der Waals surface area (Å²) >= 11 is 0. The van der Waals surface area contributed by atoms with Crippen molar-refractivity contribution in [1.82, 2.24) is 20.3 Å². The van der Waals surface area contributed by atoms with E-state index in [0.717, 1.165) is 29.7 Å². The molecule has 2 atom stereocenters. The van der Waals surface area contributed by atoms with Crippen LogP contribution in [-0.4, -0.2) is 34.1 Å². The number of nitrogens with zero attached hydrogens (tertiary/aromatic N) is 3. The van der Waals surface area contributed by atoms with Crippen LogP contribution in [-0.2, 0) is 11.2 Å². The standard InChI is InChI=1S/C26H30N4O3/c1-5-21(33-23-9-7-6-8-22(23)32-4)25(31)30-20-15-26(2,3)14-19-18(20)16-28-24(29-19)17-10-12-27-13-11-17/h6-13,16,20-21H,5,14-15H2,1-4H3,(H,30,31)/t20-,21-/m0/s1. The van der Waals surface area contributed by atoms with E-state index in [1.807, 2.05) is 49.5 Å². The lowest BCUT2D eigenvalue weighted by molar-refractivity contribution is -0.129. The quantitative estimate of drug-likeness (QED) is 0.574. The summed E-state index contributed by atoms with van der Waals surface area (Å²) < 4.78 is 11.4. The number of pyridine rings is 1. The summed E-state index contributed by atoms with van der Waals surface area (Å²) in [5, 5.41) is 3.20. The molecule has 0 radical (unpaired) electrons. The van der Waals surface area contributed by atoms with Crippen molar-refractivity contribution in [3.05, 3.63) is 66.2 Å². The summed E-state index contributed by atoms with van der Waals surface area (Å²) in [5.74, 6) is 1.67.